The minimum atomic E-state index is 0.404. The van der Waals surface area contributed by atoms with Crippen molar-refractivity contribution in [2.45, 2.75) is 20.5 Å². The number of anilines is 1. The highest BCUT2D eigenvalue weighted by molar-refractivity contribution is 14.1. The maximum absolute atomic E-state index is 5.36. The molecule has 0 bridgehead atoms. The van der Waals surface area contributed by atoms with Crippen LogP contribution in [0.1, 0.15) is 19.7 Å². The molecule has 19 heavy (non-hydrogen) atoms. The fourth-order valence-corrected chi connectivity index (χ4v) is 1.94. The van der Waals surface area contributed by atoms with E-state index in [2.05, 4.69) is 43.0 Å². The average Bonchev–Trinajstić information content (AvgIpc) is 2.83. The Labute approximate surface area is 125 Å². The van der Waals surface area contributed by atoms with Crippen LogP contribution in [-0.2, 0) is 11.3 Å². The third-order valence-electron chi connectivity index (χ3n) is 2.34. The number of nitrogens with zero attached hydrogens (tertiary/aromatic N) is 4. The molecule has 102 valence electrons. The minimum absolute atomic E-state index is 0.404. The van der Waals surface area contributed by atoms with Crippen LogP contribution < -0.4 is 5.32 Å². The first-order valence-electron chi connectivity index (χ1n) is 6.13. The van der Waals surface area contributed by atoms with Crippen LogP contribution in [0, 0.1) is 3.57 Å². The molecule has 0 radical (unpaired) electrons. The zero-order valence-corrected chi connectivity index (χ0v) is 13.1. The second-order valence-electron chi connectivity index (χ2n) is 3.80. The second-order valence-corrected chi connectivity index (χ2v) is 5.04. The number of hydrogen-bond donors (Lipinski definition) is 1. The number of nitrogens with one attached hydrogen (secondary N) is 1. The fraction of sp³-hybridized carbons (Fsp3) is 0.417. The molecule has 7 heteroatoms. The Morgan fingerprint density at radius 1 is 1.37 bits per heavy atom. The number of hydrogen-bond acceptors (Lipinski definition) is 5. The molecule has 2 aromatic heterocycles. The quantitative estimate of drug-likeness (QED) is 0.787. The van der Waals surface area contributed by atoms with Gasteiger partial charge in [-0.1, -0.05) is 0 Å². The molecule has 2 heterocycles. The smallest absolute Gasteiger partial charge is 0.159 e. The largest absolute Gasteiger partial charge is 0.374 e. The normalized spacial score (nSPS) is 10.7. The molecule has 0 aliphatic carbocycles. The highest BCUT2D eigenvalue weighted by atomic mass is 127. The Bertz CT molecular complexity index is 543. The Morgan fingerprint density at radius 3 is 2.84 bits per heavy atom. The summed E-state index contributed by atoms with van der Waals surface area (Å²) >= 11 is 2.22. The lowest BCUT2D eigenvalue weighted by Crippen LogP contribution is -2.09. The van der Waals surface area contributed by atoms with Gasteiger partial charge >= 0.3 is 0 Å². The van der Waals surface area contributed by atoms with Gasteiger partial charge in [0.1, 0.15) is 12.4 Å². The van der Waals surface area contributed by atoms with E-state index in [0.717, 1.165) is 21.8 Å². The van der Waals surface area contributed by atoms with Crippen molar-refractivity contribution in [3.63, 3.8) is 0 Å². The lowest BCUT2D eigenvalue weighted by atomic mass is 10.4. The summed E-state index contributed by atoms with van der Waals surface area (Å²) in [6.07, 6.45) is 3.71. The standard InChI is InChI=1S/C12H16IN5O/c1-3-14-10-5-12(18-7-9(13)6-15-18)17-11(16-10)8-19-4-2/h5-7H,3-4,8H2,1-2H3,(H,14,16,17). The van der Waals surface area contributed by atoms with Gasteiger partial charge in [-0.3, -0.25) is 0 Å². The van der Waals surface area contributed by atoms with Crippen molar-refractivity contribution in [2.24, 2.45) is 0 Å². The second kappa shape index (κ2) is 6.80. The van der Waals surface area contributed by atoms with Crippen molar-refractivity contribution < 1.29 is 4.74 Å². The molecule has 0 aliphatic rings. The summed E-state index contributed by atoms with van der Waals surface area (Å²) in [5.74, 6) is 2.18. The predicted octanol–water partition coefficient (Wildman–Crippen LogP) is 2.24. The van der Waals surface area contributed by atoms with E-state index < -0.39 is 0 Å². The molecular weight excluding hydrogens is 357 g/mol. The first-order chi connectivity index (χ1) is 9.22. The maximum atomic E-state index is 5.36. The molecular formula is C12H16IN5O. The van der Waals surface area contributed by atoms with E-state index in [0.29, 0.717) is 19.0 Å². The number of aromatic nitrogens is 4. The maximum Gasteiger partial charge on any atom is 0.159 e. The number of halogens is 1. The molecule has 2 aromatic rings. The molecule has 0 fully saturated rings. The van der Waals surface area contributed by atoms with Crippen LogP contribution in [0.2, 0.25) is 0 Å². The van der Waals surface area contributed by atoms with Crippen LogP contribution in [-0.4, -0.2) is 32.9 Å². The van der Waals surface area contributed by atoms with Crippen molar-refractivity contribution in [2.75, 3.05) is 18.5 Å². The van der Waals surface area contributed by atoms with E-state index in [1.165, 1.54) is 0 Å². The highest BCUT2D eigenvalue weighted by Gasteiger charge is 2.07. The van der Waals surface area contributed by atoms with Gasteiger partial charge in [0.2, 0.25) is 0 Å². The first-order valence-corrected chi connectivity index (χ1v) is 7.21. The van der Waals surface area contributed by atoms with Crippen molar-refractivity contribution in [1.29, 1.82) is 0 Å². The summed E-state index contributed by atoms with van der Waals surface area (Å²) in [5, 5.41) is 7.45. The summed E-state index contributed by atoms with van der Waals surface area (Å²) in [4.78, 5) is 8.86. The van der Waals surface area contributed by atoms with Crippen LogP contribution in [0.3, 0.4) is 0 Å². The topological polar surface area (TPSA) is 64.9 Å². The fourth-order valence-electron chi connectivity index (χ4n) is 1.56. The van der Waals surface area contributed by atoms with Gasteiger partial charge in [0.05, 0.1) is 9.77 Å². The van der Waals surface area contributed by atoms with E-state index in [1.807, 2.05) is 26.1 Å². The summed E-state index contributed by atoms with van der Waals surface area (Å²) < 4.78 is 8.16. The molecule has 0 atom stereocenters. The van der Waals surface area contributed by atoms with Gasteiger partial charge in [-0.15, -0.1) is 0 Å². The lowest BCUT2D eigenvalue weighted by molar-refractivity contribution is 0.128. The summed E-state index contributed by atoms with van der Waals surface area (Å²) in [7, 11) is 0. The van der Waals surface area contributed by atoms with Crippen LogP contribution in [0.25, 0.3) is 5.82 Å². The van der Waals surface area contributed by atoms with Gasteiger partial charge in [-0.2, -0.15) is 5.10 Å². The zero-order chi connectivity index (χ0) is 13.7. The summed E-state index contributed by atoms with van der Waals surface area (Å²) in [6, 6.07) is 1.88. The Morgan fingerprint density at radius 2 is 2.21 bits per heavy atom. The average molecular weight is 373 g/mol. The highest BCUT2D eigenvalue weighted by Crippen LogP contribution is 2.13. The third-order valence-corrected chi connectivity index (χ3v) is 2.89. The number of rotatable bonds is 6. The molecule has 6 nitrogen and oxygen atoms in total. The van der Waals surface area contributed by atoms with Gasteiger partial charge in [0, 0.05) is 25.4 Å². The van der Waals surface area contributed by atoms with Crippen LogP contribution in [0.5, 0.6) is 0 Å². The summed E-state index contributed by atoms with van der Waals surface area (Å²) in [6.45, 7) is 5.83. The van der Waals surface area contributed by atoms with Crippen LogP contribution in [0.4, 0.5) is 5.82 Å². The number of ether oxygens (including phenoxy) is 1. The molecule has 2 rings (SSSR count). The van der Waals surface area contributed by atoms with Gasteiger partial charge in [-0.05, 0) is 36.4 Å². The van der Waals surface area contributed by atoms with E-state index in [1.54, 1.807) is 10.9 Å². The van der Waals surface area contributed by atoms with Gasteiger partial charge in [0.25, 0.3) is 0 Å². The van der Waals surface area contributed by atoms with Crippen LogP contribution >= 0.6 is 22.6 Å². The van der Waals surface area contributed by atoms with Crippen molar-refractivity contribution in [3.8, 4) is 5.82 Å². The third kappa shape index (κ3) is 3.87. The Kier molecular flexibility index (Phi) is 5.08. The van der Waals surface area contributed by atoms with E-state index in [9.17, 15) is 0 Å². The predicted molar refractivity (Wildman–Crippen MR) is 81.4 cm³/mol. The SMILES string of the molecule is CCNc1cc(-n2cc(I)cn2)nc(COCC)n1. The molecule has 0 aromatic carbocycles. The molecule has 0 spiro atoms. The summed E-state index contributed by atoms with van der Waals surface area (Å²) in [5.41, 5.74) is 0. The van der Waals surface area contributed by atoms with Crippen molar-refractivity contribution in [1.82, 2.24) is 19.7 Å². The van der Waals surface area contributed by atoms with Gasteiger partial charge in [0.15, 0.2) is 11.6 Å². The van der Waals surface area contributed by atoms with E-state index in [4.69, 9.17) is 4.74 Å². The first kappa shape index (κ1) is 14.2. The Hall–Kier alpha value is -1.22. The minimum Gasteiger partial charge on any atom is -0.374 e. The van der Waals surface area contributed by atoms with Gasteiger partial charge in [-0.25, -0.2) is 14.6 Å². The molecule has 0 saturated heterocycles. The van der Waals surface area contributed by atoms with E-state index >= 15 is 0 Å². The van der Waals surface area contributed by atoms with E-state index in [-0.39, 0.29) is 0 Å². The van der Waals surface area contributed by atoms with Crippen molar-refractivity contribution in [3.05, 3.63) is 27.9 Å². The molecule has 1 N–H and O–H groups in total. The molecule has 0 aliphatic heterocycles. The van der Waals surface area contributed by atoms with Crippen molar-refractivity contribution >= 4 is 28.4 Å². The zero-order valence-electron chi connectivity index (χ0n) is 10.9. The lowest BCUT2D eigenvalue weighted by Gasteiger charge is -2.08. The van der Waals surface area contributed by atoms with Crippen LogP contribution in [0.15, 0.2) is 18.5 Å². The molecule has 0 amide bonds. The monoisotopic (exact) mass is 373 g/mol. The Balaban J connectivity index is 2.33. The molecule has 0 saturated carbocycles. The van der Waals surface area contributed by atoms with Gasteiger partial charge < -0.3 is 10.1 Å². The molecule has 0 unspecified atom stereocenters.